The van der Waals surface area contributed by atoms with Crippen molar-refractivity contribution >= 4 is 11.6 Å². The number of benzene rings is 1. The number of carbonyl (C=O) groups excluding carboxylic acids is 1. The fourth-order valence-corrected chi connectivity index (χ4v) is 2.61. The van der Waals surface area contributed by atoms with Gasteiger partial charge in [0.05, 0.1) is 5.69 Å². The minimum Gasteiger partial charge on any atom is -0.439 e. The summed E-state index contributed by atoms with van der Waals surface area (Å²) in [5.74, 6) is 2.40. The number of amides is 1. The molecule has 0 saturated heterocycles. The lowest BCUT2D eigenvalue weighted by Gasteiger charge is -2.10. The highest BCUT2D eigenvalue weighted by Crippen LogP contribution is 2.24. The first-order valence-electron chi connectivity index (χ1n) is 8.90. The van der Waals surface area contributed by atoms with Crippen LogP contribution in [0.2, 0.25) is 0 Å². The van der Waals surface area contributed by atoms with Gasteiger partial charge in [-0.15, -0.1) is 0 Å². The lowest BCUT2D eigenvalue weighted by molar-refractivity contribution is -0.116. The topological polar surface area (TPSA) is 81.9 Å². The van der Waals surface area contributed by atoms with E-state index in [2.05, 4.69) is 20.3 Å². The highest BCUT2D eigenvalue weighted by Gasteiger charge is 2.10. The monoisotopic (exact) mass is 365 g/mol. The number of carbonyl (C=O) groups is 1. The Bertz CT molecular complexity index is 948. The van der Waals surface area contributed by atoms with Crippen LogP contribution in [0.25, 0.3) is 5.82 Å². The number of aryl methyl sites for hydroxylation is 2. The molecule has 0 bridgehead atoms. The summed E-state index contributed by atoms with van der Waals surface area (Å²) in [6.45, 7) is 7.74. The van der Waals surface area contributed by atoms with Gasteiger partial charge in [-0.05, 0) is 51.5 Å². The van der Waals surface area contributed by atoms with E-state index in [-0.39, 0.29) is 5.91 Å². The van der Waals surface area contributed by atoms with E-state index in [9.17, 15) is 4.79 Å². The van der Waals surface area contributed by atoms with Gasteiger partial charge in [0.1, 0.15) is 23.7 Å². The summed E-state index contributed by atoms with van der Waals surface area (Å²) in [5, 5.41) is 2.85. The molecule has 3 rings (SSSR count). The van der Waals surface area contributed by atoms with E-state index in [4.69, 9.17) is 4.74 Å². The van der Waals surface area contributed by atoms with Crippen molar-refractivity contribution in [2.75, 3.05) is 5.32 Å². The smallest absolute Gasteiger partial charge is 0.224 e. The number of ether oxygens (including phenoxy) is 1. The van der Waals surface area contributed by atoms with Gasteiger partial charge in [0.25, 0.3) is 0 Å². The largest absolute Gasteiger partial charge is 0.439 e. The fraction of sp³-hybridized carbons (Fsp3) is 0.300. The van der Waals surface area contributed by atoms with Gasteiger partial charge in [0.15, 0.2) is 0 Å². The molecule has 0 unspecified atom stereocenters. The molecule has 0 aliphatic rings. The number of nitrogens with one attached hydrogen (secondary N) is 1. The molecule has 7 nitrogen and oxygen atoms in total. The van der Waals surface area contributed by atoms with E-state index in [0.717, 1.165) is 23.5 Å². The first kappa shape index (κ1) is 18.6. The molecule has 0 fully saturated rings. The van der Waals surface area contributed by atoms with Crippen LogP contribution in [-0.2, 0) is 4.79 Å². The Kier molecular flexibility index (Phi) is 5.49. The van der Waals surface area contributed by atoms with Crippen molar-refractivity contribution in [3.8, 4) is 17.4 Å². The van der Waals surface area contributed by atoms with Crippen LogP contribution in [0, 0.1) is 20.8 Å². The van der Waals surface area contributed by atoms with E-state index < -0.39 is 0 Å². The Morgan fingerprint density at radius 3 is 2.52 bits per heavy atom. The summed E-state index contributed by atoms with van der Waals surface area (Å²) in [4.78, 5) is 24.8. The molecule has 2 aromatic heterocycles. The van der Waals surface area contributed by atoms with E-state index in [1.165, 1.54) is 0 Å². The van der Waals surface area contributed by atoms with Gasteiger partial charge in [0.2, 0.25) is 11.8 Å². The molecular formula is C20H23N5O2. The molecule has 0 spiro atoms. The maximum Gasteiger partial charge on any atom is 0.224 e. The van der Waals surface area contributed by atoms with Crippen LogP contribution in [0.15, 0.2) is 36.7 Å². The number of hydrogen-bond acceptors (Lipinski definition) is 5. The fourth-order valence-electron chi connectivity index (χ4n) is 2.61. The van der Waals surface area contributed by atoms with E-state index in [1.807, 2.05) is 32.3 Å². The molecule has 27 heavy (non-hydrogen) atoms. The molecule has 2 heterocycles. The highest BCUT2D eigenvalue weighted by molar-refractivity contribution is 5.90. The maximum atomic E-state index is 11.7. The van der Waals surface area contributed by atoms with Crippen molar-refractivity contribution in [2.45, 2.75) is 40.5 Å². The lowest BCUT2D eigenvalue weighted by Crippen LogP contribution is -2.10. The zero-order chi connectivity index (χ0) is 19.4. The van der Waals surface area contributed by atoms with Gasteiger partial charge in [-0.1, -0.05) is 6.92 Å². The quantitative estimate of drug-likeness (QED) is 0.710. The van der Waals surface area contributed by atoms with Crippen molar-refractivity contribution in [1.82, 2.24) is 19.5 Å². The number of imidazole rings is 1. The summed E-state index contributed by atoms with van der Waals surface area (Å²) >= 11 is 0. The summed E-state index contributed by atoms with van der Waals surface area (Å²) in [6.07, 6.45) is 3.07. The summed E-state index contributed by atoms with van der Waals surface area (Å²) < 4.78 is 7.78. The average Bonchev–Trinajstić information content (AvgIpc) is 2.95. The van der Waals surface area contributed by atoms with Crippen LogP contribution in [0.5, 0.6) is 11.6 Å². The van der Waals surface area contributed by atoms with Crippen molar-refractivity contribution in [3.63, 3.8) is 0 Å². The first-order chi connectivity index (χ1) is 13.0. The average molecular weight is 365 g/mol. The van der Waals surface area contributed by atoms with Gasteiger partial charge in [-0.25, -0.2) is 9.97 Å². The van der Waals surface area contributed by atoms with Gasteiger partial charge >= 0.3 is 0 Å². The number of aromatic nitrogens is 4. The Hall–Kier alpha value is -3.22. The molecule has 1 amide bonds. The lowest BCUT2D eigenvalue weighted by atomic mass is 10.2. The molecule has 0 saturated carbocycles. The molecule has 1 N–H and O–H groups in total. The van der Waals surface area contributed by atoms with Crippen LogP contribution in [0.1, 0.15) is 37.0 Å². The third-order valence-electron chi connectivity index (χ3n) is 4.14. The van der Waals surface area contributed by atoms with E-state index in [0.29, 0.717) is 29.7 Å². The molecule has 0 atom stereocenters. The van der Waals surface area contributed by atoms with E-state index in [1.54, 1.807) is 36.7 Å². The van der Waals surface area contributed by atoms with Crippen molar-refractivity contribution in [2.24, 2.45) is 0 Å². The maximum absolute atomic E-state index is 11.7. The molecule has 1 aromatic carbocycles. The van der Waals surface area contributed by atoms with Crippen LogP contribution in [0.4, 0.5) is 5.69 Å². The number of hydrogen-bond donors (Lipinski definition) is 1. The second kappa shape index (κ2) is 7.99. The minimum atomic E-state index is 0.00762. The van der Waals surface area contributed by atoms with Crippen LogP contribution < -0.4 is 10.1 Å². The third-order valence-corrected chi connectivity index (χ3v) is 4.14. The Morgan fingerprint density at radius 1 is 1.15 bits per heavy atom. The summed E-state index contributed by atoms with van der Waals surface area (Å²) in [6, 6.07) is 8.98. The first-order valence-corrected chi connectivity index (χ1v) is 8.90. The normalized spacial score (nSPS) is 10.7. The molecule has 0 aliphatic heterocycles. The number of rotatable bonds is 6. The Morgan fingerprint density at radius 2 is 1.89 bits per heavy atom. The van der Waals surface area contributed by atoms with Crippen LogP contribution in [-0.4, -0.2) is 25.4 Å². The second-order valence-corrected chi connectivity index (χ2v) is 6.32. The summed E-state index contributed by atoms with van der Waals surface area (Å²) in [5.41, 5.74) is 2.71. The standard InChI is InChI=1S/C20H23N5O2/c1-5-6-19(26)24-16-7-9-17(10-8-16)27-20-11-18(22-15(4)23-20)25-12-21-13(2)14(25)3/h7-12H,5-6H2,1-4H3,(H,24,26). The Balaban J connectivity index is 1.78. The number of nitrogens with zero attached hydrogens (tertiary/aromatic N) is 4. The van der Waals surface area contributed by atoms with E-state index >= 15 is 0 Å². The van der Waals surface area contributed by atoms with Crippen LogP contribution >= 0.6 is 0 Å². The van der Waals surface area contributed by atoms with Crippen LogP contribution in [0.3, 0.4) is 0 Å². The van der Waals surface area contributed by atoms with Gasteiger partial charge in [-0.2, -0.15) is 4.98 Å². The third kappa shape index (κ3) is 4.49. The predicted molar refractivity (Wildman–Crippen MR) is 103 cm³/mol. The number of anilines is 1. The zero-order valence-electron chi connectivity index (χ0n) is 16.0. The molecule has 0 radical (unpaired) electrons. The molecule has 140 valence electrons. The second-order valence-electron chi connectivity index (χ2n) is 6.32. The Labute approximate surface area is 158 Å². The molecular weight excluding hydrogens is 342 g/mol. The zero-order valence-corrected chi connectivity index (χ0v) is 16.0. The van der Waals surface area contributed by atoms with Crippen molar-refractivity contribution in [1.29, 1.82) is 0 Å². The minimum absolute atomic E-state index is 0.00762. The van der Waals surface area contributed by atoms with Crippen molar-refractivity contribution in [3.05, 3.63) is 53.9 Å². The highest BCUT2D eigenvalue weighted by atomic mass is 16.5. The van der Waals surface area contributed by atoms with Gasteiger partial charge < -0.3 is 10.1 Å². The molecule has 3 aromatic rings. The van der Waals surface area contributed by atoms with Gasteiger partial charge in [0, 0.05) is 23.9 Å². The van der Waals surface area contributed by atoms with Crippen molar-refractivity contribution < 1.29 is 9.53 Å². The SMILES string of the molecule is CCCC(=O)Nc1ccc(Oc2cc(-n3cnc(C)c3C)nc(C)n2)cc1. The molecule has 7 heteroatoms. The summed E-state index contributed by atoms with van der Waals surface area (Å²) in [7, 11) is 0. The van der Waals surface area contributed by atoms with Gasteiger partial charge in [-0.3, -0.25) is 9.36 Å². The predicted octanol–water partition coefficient (Wildman–Crippen LogP) is 4.12. The molecule has 0 aliphatic carbocycles.